The maximum atomic E-state index is 13.0. The number of hydrogen-bond acceptors (Lipinski definition) is 3. The van der Waals surface area contributed by atoms with Gasteiger partial charge < -0.3 is 9.84 Å². The predicted molar refractivity (Wildman–Crippen MR) is 147 cm³/mol. The molecule has 5 rings (SSSR count). The second kappa shape index (κ2) is 8.10. The number of carboxylic acid groups (broad SMARTS) is 1. The maximum Gasteiger partial charge on any atom is 0.309 e. The van der Waals surface area contributed by atoms with E-state index in [1.54, 1.807) is 6.92 Å². The fourth-order valence-corrected chi connectivity index (χ4v) is 12.5. The van der Waals surface area contributed by atoms with Crippen LogP contribution in [0.1, 0.15) is 120 Å². The standard InChI is InChI=1S/C33H52O4/c1-20(2)22-10-17-33(27(35)36)19-18-32(9)30(7)15-11-23-28(4,5)25(37-21(3)34)13-14-29(23,6)24(30)12-16-31(32,8)26(22)33/h22-26H,1,10-19H2,2-9H3,(H,35,36)/t22?,23-,24+,25-,26+,29-,30+,31+,32-,33-/m0/s1. The Bertz CT molecular complexity index is 1010. The maximum absolute atomic E-state index is 13.0. The average Bonchev–Trinajstić information content (AvgIpc) is 3.20. The number of esters is 1. The molecule has 0 heterocycles. The number of ether oxygens (including phenoxy) is 1. The van der Waals surface area contributed by atoms with Gasteiger partial charge in [0.25, 0.3) is 0 Å². The van der Waals surface area contributed by atoms with Crippen molar-refractivity contribution in [1.29, 1.82) is 0 Å². The molecule has 5 saturated carbocycles. The van der Waals surface area contributed by atoms with Crippen LogP contribution < -0.4 is 0 Å². The lowest BCUT2D eigenvalue weighted by Crippen LogP contribution is -2.70. The summed E-state index contributed by atoms with van der Waals surface area (Å²) in [4.78, 5) is 24.9. The molecule has 4 heteroatoms. The van der Waals surface area contributed by atoms with Gasteiger partial charge in [-0.2, -0.15) is 0 Å². The lowest BCUT2D eigenvalue weighted by atomic mass is 9.29. The third-order valence-corrected chi connectivity index (χ3v) is 14.5. The molecule has 0 aromatic rings. The minimum Gasteiger partial charge on any atom is -0.481 e. The van der Waals surface area contributed by atoms with Gasteiger partial charge in [-0.25, -0.2) is 0 Å². The van der Waals surface area contributed by atoms with Crippen molar-refractivity contribution in [3.8, 4) is 0 Å². The summed E-state index contributed by atoms with van der Waals surface area (Å²) in [6.45, 7) is 23.0. The van der Waals surface area contributed by atoms with Gasteiger partial charge in [0.05, 0.1) is 5.41 Å². The molecule has 5 aliphatic carbocycles. The largest absolute Gasteiger partial charge is 0.481 e. The molecule has 0 saturated heterocycles. The molecule has 0 amide bonds. The summed E-state index contributed by atoms with van der Waals surface area (Å²) < 4.78 is 5.90. The fourth-order valence-electron chi connectivity index (χ4n) is 12.5. The van der Waals surface area contributed by atoms with Crippen LogP contribution in [0.15, 0.2) is 12.2 Å². The van der Waals surface area contributed by atoms with Crippen molar-refractivity contribution >= 4 is 11.9 Å². The van der Waals surface area contributed by atoms with Gasteiger partial charge in [0.1, 0.15) is 6.10 Å². The second-order valence-corrected chi connectivity index (χ2v) is 15.7. The summed E-state index contributed by atoms with van der Waals surface area (Å²) in [5.74, 6) is 0.907. The van der Waals surface area contributed by atoms with Gasteiger partial charge in [-0.05, 0) is 116 Å². The predicted octanol–water partition coefficient (Wildman–Crippen LogP) is 8.05. The van der Waals surface area contributed by atoms with Gasteiger partial charge in [-0.1, -0.05) is 53.7 Å². The van der Waals surface area contributed by atoms with E-state index in [9.17, 15) is 14.7 Å². The Morgan fingerprint density at radius 1 is 0.784 bits per heavy atom. The van der Waals surface area contributed by atoms with Gasteiger partial charge in [0, 0.05) is 12.3 Å². The average molecular weight is 513 g/mol. The van der Waals surface area contributed by atoms with E-state index >= 15 is 0 Å². The monoisotopic (exact) mass is 512 g/mol. The molecule has 208 valence electrons. The minimum atomic E-state index is -0.591. The Balaban J connectivity index is 1.56. The molecule has 4 nitrogen and oxygen atoms in total. The first-order valence-electron chi connectivity index (χ1n) is 15.1. The van der Waals surface area contributed by atoms with Crippen molar-refractivity contribution in [3.63, 3.8) is 0 Å². The quantitative estimate of drug-likeness (QED) is 0.307. The number of rotatable bonds is 3. The van der Waals surface area contributed by atoms with E-state index < -0.39 is 11.4 Å². The van der Waals surface area contributed by atoms with Gasteiger partial charge >= 0.3 is 11.9 Å². The van der Waals surface area contributed by atoms with E-state index in [2.05, 4.69) is 55.0 Å². The van der Waals surface area contributed by atoms with Gasteiger partial charge in [0.15, 0.2) is 0 Å². The van der Waals surface area contributed by atoms with Crippen LogP contribution in [0.25, 0.3) is 0 Å². The lowest BCUT2D eigenvalue weighted by Gasteiger charge is -2.75. The Kier molecular flexibility index (Phi) is 5.97. The first-order chi connectivity index (χ1) is 17.0. The molecule has 0 spiro atoms. The highest BCUT2D eigenvalue weighted by Crippen LogP contribution is 2.81. The number of carboxylic acids is 1. The van der Waals surface area contributed by atoms with E-state index in [0.29, 0.717) is 17.8 Å². The van der Waals surface area contributed by atoms with E-state index in [0.717, 1.165) is 44.9 Å². The molecule has 5 fully saturated rings. The molecular formula is C33H52O4. The van der Waals surface area contributed by atoms with Crippen LogP contribution in [-0.2, 0) is 14.3 Å². The van der Waals surface area contributed by atoms with Crippen molar-refractivity contribution in [1.82, 2.24) is 0 Å². The Hall–Kier alpha value is -1.32. The number of fused-ring (bicyclic) bond motifs is 7. The van der Waals surface area contributed by atoms with Crippen LogP contribution in [0.4, 0.5) is 0 Å². The van der Waals surface area contributed by atoms with E-state index in [4.69, 9.17) is 4.74 Å². The number of carbonyl (C=O) groups is 2. The van der Waals surface area contributed by atoms with E-state index in [1.807, 2.05) is 0 Å². The Morgan fingerprint density at radius 3 is 2.00 bits per heavy atom. The molecule has 1 N–H and O–H groups in total. The first kappa shape index (κ1) is 27.3. The zero-order valence-electron chi connectivity index (χ0n) is 24.8. The summed E-state index contributed by atoms with van der Waals surface area (Å²) in [5, 5.41) is 10.7. The topological polar surface area (TPSA) is 63.6 Å². The van der Waals surface area contributed by atoms with Crippen molar-refractivity contribution < 1.29 is 19.4 Å². The SMILES string of the molecule is C=C(C)C1CC[C@]2(C(=O)O)CC[C@@]3(C)[C@]4(C)CC[C@H]5C(C)(C)[C@@H](OC(C)=O)CC[C@]5(C)[C@H]4CC[C@]3(C)[C@@H]12. The van der Waals surface area contributed by atoms with Crippen LogP contribution in [0.5, 0.6) is 0 Å². The highest BCUT2D eigenvalue weighted by Gasteiger charge is 2.75. The Labute approximate surface area is 225 Å². The van der Waals surface area contributed by atoms with Crippen LogP contribution in [-0.4, -0.2) is 23.1 Å². The van der Waals surface area contributed by atoms with Crippen molar-refractivity contribution in [3.05, 3.63) is 12.2 Å². The first-order valence-corrected chi connectivity index (χ1v) is 15.1. The fraction of sp³-hybridized carbons (Fsp3) is 0.879. The Morgan fingerprint density at radius 2 is 1.41 bits per heavy atom. The second-order valence-electron chi connectivity index (χ2n) is 15.7. The third-order valence-electron chi connectivity index (χ3n) is 14.5. The van der Waals surface area contributed by atoms with Crippen LogP contribution in [0.3, 0.4) is 0 Å². The van der Waals surface area contributed by atoms with E-state index in [1.165, 1.54) is 24.8 Å². The van der Waals surface area contributed by atoms with Crippen LogP contribution in [0.2, 0.25) is 0 Å². The molecule has 0 aliphatic heterocycles. The van der Waals surface area contributed by atoms with E-state index in [-0.39, 0.29) is 45.1 Å². The smallest absolute Gasteiger partial charge is 0.309 e. The lowest BCUT2D eigenvalue weighted by molar-refractivity contribution is -0.277. The third kappa shape index (κ3) is 3.19. The molecule has 0 bridgehead atoms. The summed E-state index contributed by atoms with van der Waals surface area (Å²) in [7, 11) is 0. The molecule has 0 aromatic heterocycles. The molecule has 1 unspecified atom stereocenters. The van der Waals surface area contributed by atoms with Crippen molar-refractivity contribution in [2.45, 2.75) is 126 Å². The van der Waals surface area contributed by atoms with Crippen molar-refractivity contribution in [2.24, 2.45) is 56.2 Å². The summed E-state index contributed by atoms with van der Waals surface area (Å²) in [6.07, 6.45) is 10.3. The van der Waals surface area contributed by atoms with Crippen LogP contribution >= 0.6 is 0 Å². The zero-order chi connectivity index (χ0) is 27.4. The number of allylic oxidation sites excluding steroid dienone is 1. The normalized spacial score (nSPS) is 52.2. The van der Waals surface area contributed by atoms with Gasteiger partial charge in [-0.15, -0.1) is 0 Å². The van der Waals surface area contributed by atoms with Crippen molar-refractivity contribution in [2.75, 3.05) is 0 Å². The molecule has 37 heavy (non-hydrogen) atoms. The van der Waals surface area contributed by atoms with Crippen LogP contribution in [0, 0.1) is 56.2 Å². The molecule has 0 radical (unpaired) electrons. The van der Waals surface area contributed by atoms with Gasteiger partial charge in [-0.3, -0.25) is 9.59 Å². The minimum absolute atomic E-state index is 0.00227. The summed E-state index contributed by atoms with van der Waals surface area (Å²) in [5.41, 5.74) is 1.02. The number of hydrogen-bond donors (Lipinski definition) is 1. The summed E-state index contributed by atoms with van der Waals surface area (Å²) >= 11 is 0. The number of aliphatic carboxylic acids is 1. The number of carbonyl (C=O) groups excluding carboxylic acids is 1. The highest BCUT2D eigenvalue weighted by atomic mass is 16.5. The molecule has 10 atom stereocenters. The molecular weight excluding hydrogens is 460 g/mol. The highest BCUT2D eigenvalue weighted by molar-refractivity contribution is 5.76. The molecule has 5 aliphatic rings. The molecule has 0 aromatic carbocycles. The summed E-state index contributed by atoms with van der Waals surface area (Å²) in [6, 6.07) is 0. The van der Waals surface area contributed by atoms with Gasteiger partial charge in [0.2, 0.25) is 0 Å². The zero-order valence-corrected chi connectivity index (χ0v) is 24.8.